The van der Waals surface area contributed by atoms with Crippen LogP contribution < -0.4 is 5.11 Å². The van der Waals surface area contributed by atoms with Crippen molar-refractivity contribution in [3.63, 3.8) is 0 Å². The minimum atomic E-state index is -1.26. The molecule has 4 rings (SSSR count). The second-order valence-corrected chi connectivity index (χ2v) is 7.27. The summed E-state index contributed by atoms with van der Waals surface area (Å²) in [6.07, 6.45) is 2.11. The van der Waals surface area contributed by atoms with Crippen LogP contribution in [0.5, 0.6) is 0 Å². The lowest BCUT2D eigenvalue weighted by atomic mass is 10.1. The van der Waals surface area contributed by atoms with Gasteiger partial charge in [-0.05, 0) is 48.2 Å². The lowest BCUT2D eigenvalue weighted by Gasteiger charge is -2.25. The van der Waals surface area contributed by atoms with Gasteiger partial charge in [0.05, 0.1) is 23.0 Å². The zero-order valence-electron chi connectivity index (χ0n) is 16.1. The molecule has 0 N–H and O–H groups in total. The highest BCUT2D eigenvalue weighted by Gasteiger charge is 2.33. The molecule has 7 heteroatoms. The van der Waals surface area contributed by atoms with E-state index in [0.717, 1.165) is 29.7 Å². The number of carboxylic acids is 1. The van der Waals surface area contributed by atoms with E-state index in [2.05, 4.69) is 0 Å². The van der Waals surface area contributed by atoms with Crippen molar-refractivity contribution in [2.24, 2.45) is 0 Å². The Balaban J connectivity index is 1.83. The summed E-state index contributed by atoms with van der Waals surface area (Å²) in [4.78, 5) is 30.3. The number of carbonyl (C=O) groups is 2. The third-order valence-corrected chi connectivity index (χ3v) is 5.44. The van der Waals surface area contributed by atoms with Crippen LogP contribution in [0.3, 0.4) is 0 Å². The maximum Gasteiger partial charge on any atom is 0.222 e. The number of carboxylic acid groups (broad SMARTS) is 1. The van der Waals surface area contributed by atoms with Gasteiger partial charge in [0.1, 0.15) is 11.6 Å². The van der Waals surface area contributed by atoms with Gasteiger partial charge >= 0.3 is 0 Å². The summed E-state index contributed by atoms with van der Waals surface area (Å²) in [6.45, 7) is 2.97. The summed E-state index contributed by atoms with van der Waals surface area (Å²) in [5.74, 6) is -0.772. The van der Waals surface area contributed by atoms with Crippen molar-refractivity contribution in [1.82, 2.24) is 14.5 Å². The van der Waals surface area contributed by atoms with Crippen LogP contribution >= 0.6 is 0 Å². The predicted octanol–water partition coefficient (Wildman–Crippen LogP) is 2.66. The van der Waals surface area contributed by atoms with E-state index in [1.54, 1.807) is 18.2 Å². The normalized spacial score (nSPS) is 16.5. The van der Waals surface area contributed by atoms with Gasteiger partial charge in [-0.25, -0.2) is 9.37 Å². The number of hydrogen-bond acceptors (Lipinski definition) is 4. The van der Waals surface area contributed by atoms with Crippen LogP contribution in [0.15, 0.2) is 42.5 Å². The molecule has 0 aliphatic carbocycles. The molecule has 0 radical (unpaired) electrons. The van der Waals surface area contributed by atoms with Crippen molar-refractivity contribution in [1.29, 1.82) is 0 Å². The molecule has 0 unspecified atom stereocenters. The van der Waals surface area contributed by atoms with E-state index in [9.17, 15) is 19.1 Å². The minimum Gasteiger partial charge on any atom is -0.545 e. The van der Waals surface area contributed by atoms with E-state index < -0.39 is 5.97 Å². The number of halogens is 1. The van der Waals surface area contributed by atoms with Crippen molar-refractivity contribution >= 4 is 22.9 Å². The zero-order valence-corrected chi connectivity index (χ0v) is 16.1. The topological polar surface area (TPSA) is 78.3 Å². The number of hydrogen-bond donors (Lipinski definition) is 0. The first-order chi connectivity index (χ1) is 14.0. The average molecular weight is 394 g/mol. The standard InChI is InChI=1S/C22H22FN3O3/c1-2-20(27)25-11-3-4-19(25)21-24-17-12-15(22(28)29)7-10-18(17)26(21)13-14-5-8-16(23)9-6-14/h5-10,12,19H,2-4,11,13H2,1H3,(H,28,29)/p-1/t19-/m0/s1. The Morgan fingerprint density at radius 1 is 1.21 bits per heavy atom. The summed E-state index contributed by atoms with van der Waals surface area (Å²) in [5.41, 5.74) is 2.26. The average Bonchev–Trinajstić information content (AvgIpc) is 3.33. The molecule has 1 saturated heterocycles. The number of carbonyl (C=O) groups excluding carboxylic acids is 2. The lowest BCUT2D eigenvalue weighted by Crippen LogP contribution is -2.31. The molecule has 0 bridgehead atoms. The lowest BCUT2D eigenvalue weighted by molar-refractivity contribution is -0.255. The predicted molar refractivity (Wildman–Crippen MR) is 104 cm³/mol. The third-order valence-electron chi connectivity index (χ3n) is 5.44. The molecular formula is C22H21FN3O3-. The Morgan fingerprint density at radius 3 is 2.66 bits per heavy atom. The maximum atomic E-state index is 13.3. The van der Waals surface area contributed by atoms with Gasteiger partial charge in [-0.3, -0.25) is 4.79 Å². The molecule has 29 heavy (non-hydrogen) atoms. The van der Waals surface area contributed by atoms with Gasteiger partial charge in [-0.1, -0.05) is 25.1 Å². The van der Waals surface area contributed by atoms with Crippen LogP contribution in [0.25, 0.3) is 11.0 Å². The molecule has 0 saturated carbocycles. The molecule has 1 aliphatic rings. The second-order valence-electron chi connectivity index (χ2n) is 7.27. The smallest absolute Gasteiger partial charge is 0.222 e. The van der Waals surface area contributed by atoms with Crippen molar-refractivity contribution in [2.45, 2.75) is 38.8 Å². The van der Waals surface area contributed by atoms with E-state index >= 15 is 0 Å². The number of nitrogens with zero attached hydrogens (tertiary/aromatic N) is 3. The second kappa shape index (κ2) is 7.66. The number of aromatic carboxylic acids is 1. The van der Waals surface area contributed by atoms with Crippen LogP contribution in [0.2, 0.25) is 0 Å². The zero-order chi connectivity index (χ0) is 20.5. The van der Waals surface area contributed by atoms with Gasteiger partial charge < -0.3 is 19.4 Å². The highest BCUT2D eigenvalue weighted by atomic mass is 19.1. The number of imidazole rings is 1. The summed E-state index contributed by atoms with van der Waals surface area (Å²) in [6, 6.07) is 10.8. The third kappa shape index (κ3) is 3.60. The fourth-order valence-electron chi connectivity index (χ4n) is 4.01. The molecule has 2 aromatic carbocycles. The first-order valence-corrected chi connectivity index (χ1v) is 9.73. The van der Waals surface area contributed by atoms with Crippen LogP contribution in [-0.2, 0) is 11.3 Å². The van der Waals surface area contributed by atoms with Crippen molar-refractivity contribution in [3.8, 4) is 0 Å². The van der Waals surface area contributed by atoms with E-state index in [4.69, 9.17) is 4.98 Å². The van der Waals surface area contributed by atoms with Crippen molar-refractivity contribution in [2.75, 3.05) is 6.54 Å². The first-order valence-electron chi connectivity index (χ1n) is 9.73. The van der Waals surface area contributed by atoms with Crippen LogP contribution in [0.4, 0.5) is 4.39 Å². The SMILES string of the molecule is CCC(=O)N1CCC[C@H]1c1nc2cc(C(=O)[O-])ccc2n1Cc1ccc(F)cc1. The number of rotatable bonds is 5. The molecular weight excluding hydrogens is 373 g/mol. The first kappa shape index (κ1) is 19.1. The maximum absolute atomic E-state index is 13.3. The number of benzene rings is 2. The summed E-state index contributed by atoms with van der Waals surface area (Å²) in [5, 5.41) is 11.3. The molecule has 1 fully saturated rings. The Morgan fingerprint density at radius 2 is 1.97 bits per heavy atom. The summed E-state index contributed by atoms with van der Waals surface area (Å²) in [7, 11) is 0. The number of fused-ring (bicyclic) bond motifs is 1. The van der Waals surface area contributed by atoms with E-state index in [1.807, 2.05) is 16.4 Å². The summed E-state index contributed by atoms with van der Waals surface area (Å²) >= 11 is 0. The Hall–Kier alpha value is -3.22. The molecule has 2 heterocycles. The molecule has 150 valence electrons. The fraction of sp³-hybridized carbons (Fsp3) is 0.318. The van der Waals surface area contributed by atoms with Gasteiger partial charge in [0, 0.05) is 19.5 Å². The number of aromatic nitrogens is 2. The van der Waals surface area contributed by atoms with E-state index in [1.165, 1.54) is 24.3 Å². The van der Waals surface area contributed by atoms with Crippen LogP contribution in [0.1, 0.15) is 54.0 Å². The highest BCUT2D eigenvalue weighted by molar-refractivity contribution is 5.91. The van der Waals surface area contributed by atoms with Gasteiger partial charge in [-0.15, -0.1) is 0 Å². The van der Waals surface area contributed by atoms with Gasteiger partial charge in [0.2, 0.25) is 5.91 Å². The summed E-state index contributed by atoms with van der Waals surface area (Å²) < 4.78 is 15.3. The minimum absolute atomic E-state index is 0.0587. The van der Waals surface area contributed by atoms with E-state index in [-0.39, 0.29) is 23.3 Å². The van der Waals surface area contributed by atoms with Gasteiger partial charge in [0.15, 0.2) is 0 Å². The number of amides is 1. The van der Waals surface area contributed by atoms with Crippen LogP contribution in [0, 0.1) is 5.82 Å². The molecule has 1 aliphatic heterocycles. The van der Waals surface area contributed by atoms with Gasteiger partial charge in [0.25, 0.3) is 0 Å². The highest BCUT2D eigenvalue weighted by Crippen LogP contribution is 2.34. The monoisotopic (exact) mass is 394 g/mol. The molecule has 0 spiro atoms. The number of likely N-dealkylation sites (tertiary alicyclic amines) is 1. The largest absolute Gasteiger partial charge is 0.545 e. The Bertz CT molecular complexity index is 1070. The van der Waals surface area contributed by atoms with Crippen molar-refractivity contribution in [3.05, 3.63) is 65.2 Å². The fourth-order valence-corrected chi connectivity index (χ4v) is 4.01. The van der Waals surface area contributed by atoms with E-state index in [0.29, 0.717) is 25.0 Å². The Labute approximate surface area is 167 Å². The molecule has 1 amide bonds. The van der Waals surface area contributed by atoms with Crippen LogP contribution in [-0.4, -0.2) is 32.9 Å². The van der Waals surface area contributed by atoms with Crippen molar-refractivity contribution < 1.29 is 19.1 Å². The quantitative estimate of drug-likeness (QED) is 0.667. The molecule has 6 nitrogen and oxygen atoms in total. The Kier molecular flexibility index (Phi) is 5.05. The molecule has 3 aromatic rings. The molecule has 1 atom stereocenters. The van der Waals surface area contributed by atoms with Gasteiger partial charge in [-0.2, -0.15) is 0 Å². The molecule has 1 aromatic heterocycles.